The van der Waals surface area contributed by atoms with E-state index in [1.54, 1.807) is 43.3 Å². The Hall–Kier alpha value is -3.31. The van der Waals surface area contributed by atoms with Gasteiger partial charge in [0.1, 0.15) is 11.5 Å². The zero-order valence-corrected chi connectivity index (χ0v) is 13.9. The van der Waals surface area contributed by atoms with E-state index in [-0.39, 0.29) is 11.5 Å². The van der Waals surface area contributed by atoms with Crippen molar-refractivity contribution >= 4 is 28.8 Å². The summed E-state index contributed by atoms with van der Waals surface area (Å²) in [6, 6.07) is 10.1. The highest BCUT2D eigenvalue weighted by Gasteiger charge is 2.31. The van der Waals surface area contributed by atoms with Gasteiger partial charge in [-0.05, 0) is 31.2 Å². The Labute approximate surface area is 147 Å². The number of nitrogens with zero attached hydrogens (tertiary/aromatic N) is 3. The highest BCUT2D eigenvalue weighted by atomic mass is 32.1. The van der Waals surface area contributed by atoms with Crippen molar-refractivity contribution in [1.82, 2.24) is 9.97 Å². The van der Waals surface area contributed by atoms with E-state index in [2.05, 4.69) is 15.3 Å². The van der Waals surface area contributed by atoms with Crippen LogP contribution in [0.5, 0.6) is 0 Å². The van der Waals surface area contributed by atoms with E-state index in [4.69, 9.17) is 4.42 Å². The summed E-state index contributed by atoms with van der Waals surface area (Å²) in [4.78, 5) is 33.7. The van der Waals surface area contributed by atoms with Crippen LogP contribution in [0.25, 0.3) is 10.8 Å². The quantitative estimate of drug-likeness (QED) is 0.558. The van der Waals surface area contributed by atoms with Gasteiger partial charge in [-0.15, -0.1) is 11.3 Å². The third kappa shape index (κ3) is 3.46. The summed E-state index contributed by atoms with van der Waals surface area (Å²) in [6.45, 7) is 1.71. The number of aryl methyl sites for hydroxylation is 1. The molecule has 0 aliphatic heterocycles. The molecule has 1 amide bonds. The lowest BCUT2D eigenvalue weighted by molar-refractivity contribution is -0.117. The number of carbonyl (C=O) groups is 2. The highest BCUT2D eigenvalue weighted by molar-refractivity contribution is 7.15. The number of thiazole rings is 1. The molecule has 0 saturated carbocycles. The first-order valence-electron chi connectivity index (χ1n) is 7.27. The van der Waals surface area contributed by atoms with Crippen LogP contribution in [0.1, 0.15) is 15.4 Å². The van der Waals surface area contributed by atoms with E-state index in [0.29, 0.717) is 15.6 Å². The molecule has 1 N–H and O–H groups in total. The minimum absolute atomic E-state index is 0.0964. The molecule has 3 heterocycles. The standard InChI is InChI=1S/C17H12N4O3S/c1-10-14(21-17(25-10)12-5-4-8-24-12)15(22)11(9-18)16(23)20-13-6-2-3-7-19-13/h2-8,11H,1H3,(H,19,20,23). The Balaban J connectivity index is 1.83. The first-order chi connectivity index (χ1) is 12.1. The van der Waals surface area contributed by atoms with Crippen molar-refractivity contribution in [2.45, 2.75) is 6.92 Å². The Morgan fingerprint density at radius 3 is 2.80 bits per heavy atom. The fraction of sp³-hybridized carbons (Fsp3) is 0.118. The number of amides is 1. The Bertz CT molecular complexity index is 942. The summed E-state index contributed by atoms with van der Waals surface area (Å²) in [5, 5.41) is 12.3. The van der Waals surface area contributed by atoms with Gasteiger partial charge in [0.05, 0.1) is 12.3 Å². The average Bonchev–Trinajstić information content (AvgIpc) is 3.25. The summed E-state index contributed by atoms with van der Waals surface area (Å²) >= 11 is 1.26. The molecule has 1 unspecified atom stereocenters. The van der Waals surface area contributed by atoms with Crippen molar-refractivity contribution in [3.63, 3.8) is 0 Å². The molecule has 7 nitrogen and oxygen atoms in total. The number of nitrogens with one attached hydrogen (secondary N) is 1. The lowest BCUT2D eigenvalue weighted by Crippen LogP contribution is -2.29. The van der Waals surface area contributed by atoms with Gasteiger partial charge in [0.15, 0.2) is 16.7 Å². The monoisotopic (exact) mass is 352 g/mol. The van der Waals surface area contributed by atoms with Gasteiger partial charge in [0.2, 0.25) is 5.78 Å². The summed E-state index contributed by atoms with van der Waals surface area (Å²) < 4.78 is 5.26. The van der Waals surface area contributed by atoms with E-state index in [1.165, 1.54) is 23.8 Å². The second kappa shape index (κ2) is 7.07. The largest absolute Gasteiger partial charge is 0.462 e. The van der Waals surface area contributed by atoms with Gasteiger partial charge in [-0.25, -0.2) is 9.97 Å². The highest BCUT2D eigenvalue weighted by Crippen LogP contribution is 2.29. The predicted molar refractivity (Wildman–Crippen MR) is 90.9 cm³/mol. The van der Waals surface area contributed by atoms with Crippen molar-refractivity contribution in [1.29, 1.82) is 5.26 Å². The number of pyridine rings is 1. The number of hydrogen-bond donors (Lipinski definition) is 1. The topological polar surface area (TPSA) is 109 Å². The third-order valence-electron chi connectivity index (χ3n) is 3.33. The Morgan fingerprint density at radius 2 is 2.16 bits per heavy atom. The van der Waals surface area contributed by atoms with Crippen LogP contribution in [0, 0.1) is 24.2 Å². The molecular formula is C17H12N4O3S. The Morgan fingerprint density at radius 1 is 1.32 bits per heavy atom. The smallest absolute Gasteiger partial charge is 0.250 e. The molecule has 3 aromatic heterocycles. The number of rotatable bonds is 5. The van der Waals surface area contributed by atoms with Crippen molar-refractivity contribution in [2.75, 3.05) is 5.32 Å². The molecule has 0 saturated heterocycles. The molecule has 0 bridgehead atoms. The van der Waals surface area contributed by atoms with Gasteiger partial charge in [0, 0.05) is 11.1 Å². The van der Waals surface area contributed by atoms with E-state index in [1.807, 2.05) is 0 Å². The maximum Gasteiger partial charge on any atom is 0.250 e. The summed E-state index contributed by atoms with van der Waals surface area (Å²) in [5.74, 6) is -2.10. The Kier molecular flexibility index (Phi) is 4.68. The number of ketones is 1. The van der Waals surface area contributed by atoms with E-state index in [0.717, 1.165) is 0 Å². The van der Waals surface area contributed by atoms with Crippen LogP contribution in [0.15, 0.2) is 47.2 Å². The molecule has 0 radical (unpaired) electrons. The molecule has 124 valence electrons. The molecule has 25 heavy (non-hydrogen) atoms. The minimum Gasteiger partial charge on any atom is -0.462 e. The number of Topliss-reactive ketones (excluding diaryl/α,β-unsaturated/α-hetero) is 1. The number of hydrogen-bond acceptors (Lipinski definition) is 7. The molecule has 0 fully saturated rings. The van der Waals surface area contributed by atoms with Gasteiger partial charge in [-0.3, -0.25) is 9.59 Å². The van der Waals surface area contributed by atoms with Gasteiger partial charge in [-0.1, -0.05) is 6.07 Å². The minimum atomic E-state index is -1.51. The average molecular weight is 352 g/mol. The van der Waals surface area contributed by atoms with Gasteiger partial charge >= 0.3 is 0 Å². The normalized spacial score (nSPS) is 11.5. The maximum atomic E-state index is 12.6. The van der Waals surface area contributed by atoms with Crippen molar-refractivity contribution in [3.05, 3.63) is 53.4 Å². The maximum absolute atomic E-state index is 12.6. The molecule has 0 aromatic carbocycles. The fourth-order valence-electron chi connectivity index (χ4n) is 2.14. The molecule has 0 aliphatic carbocycles. The number of aromatic nitrogens is 2. The summed E-state index contributed by atoms with van der Waals surface area (Å²) in [5.41, 5.74) is 0.0964. The summed E-state index contributed by atoms with van der Waals surface area (Å²) in [6.07, 6.45) is 3.00. The molecule has 0 spiro atoms. The molecule has 8 heteroatoms. The molecular weight excluding hydrogens is 340 g/mol. The van der Waals surface area contributed by atoms with Gasteiger partial charge < -0.3 is 9.73 Å². The van der Waals surface area contributed by atoms with Crippen LogP contribution in [-0.2, 0) is 4.79 Å². The number of nitriles is 1. The van der Waals surface area contributed by atoms with Crippen LogP contribution in [0.2, 0.25) is 0 Å². The van der Waals surface area contributed by atoms with Gasteiger partial charge in [0.25, 0.3) is 5.91 Å². The number of anilines is 1. The van der Waals surface area contributed by atoms with E-state index >= 15 is 0 Å². The van der Waals surface area contributed by atoms with Crippen molar-refractivity contribution in [2.24, 2.45) is 5.92 Å². The first-order valence-corrected chi connectivity index (χ1v) is 8.09. The zero-order chi connectivity index (χ0) is 17.8. The number of furan rings is 1. The third-order valence-corrected chi connectivity index (χ3v) is 4.32. The zero-order valence-electron chi connectivity index (χ0n) is 13.1. The molecule has 3 aromatic rings. The molecule has 3 rings (SSSR count). The molecule has 0 aliphatic rings. The van der Waals surface area contributed by atoms with E-state index in [9.17, 15) is 14.9 Å². The van der Waals surface area contributed by atoms with Crippen molar-refractivity contribution < 1.29 is 14.0 Å². The second-order valence-corrected chi connectivity index (χ2v) is 6.23. The lowest BCUT2D eigenvalue weighted by Gasteiger charge is -2.08. The van der Waals surface area contributed by atoms with Crippen LogP contribution in [-0.4, -0.2) is 21.7 Å². The molecule has 1 atom stereocenters. The van der Waals surface area contributed by atoms with E-state index < -0.39 is 17.6 Å². The number of carbonyl (C=O) groups excluding carboxylic acids is 2. The van der Waals surface area contributed by atoms with Gasteiger partial charge in [-0.2, -0.15) is 5.26 Å². The van der Waals surface area contributed by atoms with Crippen LogP contribution < -0.4 is 5.32 Å². The predicted octanol–water partition coefficient (Wildman–Crippen LogP) is 3.07. The first kappa shape index (κ1) is 16.5. The van der Waals surface area contributed by atoms with Crippen LogP contribution >= 0.6 is 11.3 Å². The second-order valence-electron chi connectivity index (χ2n) is 5.03. The lowest BCUT2D eigenvalue weighted by atomic mass is 10.0. The van der Waals surface area contributed by atoms with Crippen LogP contribution in [0.3, 0.4) is 0 Å². The SMILES string of the molecule is Cc1sc(-c2ccco2)nc1C(=O)C(C#N)C(=O)Nc1ccccn1. The fourth-order valence-corrected chi connectivity index (χ4v) is 3.03. The van der Waals surface area contributed by atoms with Crippen LogP contribution in [0.4, 0.5) is 5.82 Å². The van der Waals surface area contributed by atoms with Crippen molar-refractivity contribution in [3.8, 4) is 16.8 Å². The summed E-state index contributed by atoms with van der Waals surface area (Å²) in [7, 11) is 0.